The predicted molar refractivity (Wildman–Crippen MR) is 128 cm³/mol. The van der Waals surface area contributed by atoms with E-state index in [9.17, 15) is 5.26 Å². The largest absolute Gasteiger partial charge is 0.461 e. The first-order valence-corrected chi connectivity index (χ1v) is 10.9. The number of aryl methyl sites for hydroxylation is 1. The molecule has 0 bridgehead atoms. The Kier molecular flexibility index (Phi) is 7.44. The van der Waals surface area contributed by atoms with E-state index in [4.69, 9.17) is 10.5 Å². The minimum absolute atomic E-state index is 0.128. The average Bonchev–Trinajstić information content (AvgIpc) is 3.12. The lowest BCUT2D eigenvalue weighted by molar-refractivity contribution is 0.430. The van der Waals surface area contributed by atoms with Gasteiger partial charge in [-0.3, -0.25) is 4.99 Å². The lowest BCUT2D eigenvalue weighted by atomic mass is 9.98. The molecule has 0 aromatic heterocycles. The van der Waals surface area contributed by atoms with Crippen LogP contribution in [-0.4, -0.2) is 5.71 Å². The normalized spacial score (nSPS) is 16.8. The predicted octanol–water partition coefficient (Wildman–Crippen LogP) is 6.62. The number of nitrogens with zero attached hydrogens (tertiary/aromatic N) is 2. The summed E-state index contributed by atoms with van der Waals surface area (Å²) >= 11 is 0. The summed E-state index contributed by atoms with van der Waals surface area (Å²) in [7, 11) is 0. The first kappa shape index (κ1) is 22.5. The Labute approximate surface area is 185 Å². The Morgan fingerprint density at radius 2 is 2.03 bits per heavy atom. The molecule has 1 aliphatic carbocycles. The van der Waals surface area contributed by atoms with Crippen molar-refractivity contribution in [3.8, 4) is 22.9 Å². The van der Waals surface area contributed by atoms with Gasteiger partial charge in [0.1, 0.15) is 11.5 Å². The highest BCUT2D eigenvalue weighted by atomic mass is 16.5. The van der Waals surface area contributed by atoms with E-state index < -0.39 is 0 Å². The second-order valence-corrected chi connectivity index (χ2v) is 8.13. The number of nitriles is 1. The first-order valence-electron chi connectivity index (χ1n) is 10.9. The van der Waals surface area contributed by atoms with E-state index in [1.54, 1.807) is 6.07 Å². The second-order valence-electron chi connectivity index (χ2n) is 8.13. The number of benzene rings is 2. The van der Waals surface area contributed by atoms with Crippen LogP contribution < -0.4 is 10.5 Å². The van der Waals surface area contributed by atoms with Crippen molar-refractivity contribution < 1.29 is 4.74 Å². The lowest BCUT2D eigenvalue weighted by Gasteiger charge is -2.14. The van der Waals surface area contributed by atoms with Crippen LogP contribution in [0.25, 0.3) is 11.1 Å². The van der Waals surface area contributed by atoms with Crippen LogP contribution in [0.3, 0.4) is 0 Å². The van der Waals surface area contributed by atoms with Gasteiger partial charge in [0.05, 0.1) is 11.6 Å². The highest BCUT2D eigenvalue weighted by molar-refractivity contribution is 5.93. The third-order valence-electron chi connectivity index (χ3n) is 5.45. The van der Waals surface area contributed by atoms with E-state index in [0.717, 1.165) is 54.0 Å². The van der Waals surface area contributed by atoms with Crippen molar-refractivity contribution in [1.82, 2.24) is 0 Å². The molecule has 1 aliphatic rings. The maximum atomic E-state index is 9.37. The number of unbranched alkanes of at least 4 members (excludes halogenated alkanes) is 1. The van der Waals surface area contributed by atoms with E-state index in [-0.39, 0.29) is 6.04 Å². The molecule has 0 aliphatic heterocycles. The van der Waals surface area contributed by atoms with Crippen molar-refractivity contribution in [2.45, 2.75) is 59.4 Å². The zero-order valence-corrected chi connectivity index (χ0v) is 18.9. The van der Waals surface area contributed by atoms with Gasteiger partial charge in [-0.1, -0.05) is 37.6 Å². The third kappa shape index (κ3) is 5.71. The van der Waals surface area contributed by atoms with Gasteiger partial charge in [0.2, 0.25) is 0 Å². The smallest absolute Gasteiger partial charge is 0.136 e. The number of ether oxygens (including phenoxy) is 1. The maximum absolute atomic E-state index is 9.37. The van der Waals surface area contributed by atoms with Gasteiger partial charge in [0.15, 0.2) is 0 Å². The maximum Gasteiger partial charge on any atom is 0.136 e. The standard InChI is InChI=1S/C27H31N3O/c1-5-6-7-18(2)30-19(3)14-20(4)31-27-15-21(17-28)8-11-25(27)23-9-12-24-22(16-23)10-13-26(24)29/h7-9,11-12,14-16,26H,5-6,10,13,29H2,1-4H3/b18-7+,20-14+,30-19-. The third-order valence-corrected chi connectivity index (χ3v) is 5.45. The molecule has 2 aromatic carbocycles. The minimum Gasteiger partial charge on any atom is -0.461 e. The molecule has 0 spiro atoms. The zero-order chi connectivity index (χ0) is 22.4. The van der Waals surface area contributed by atoms with Gasteiger partial charge in [-0.2, -0.15) is 5.26 Å². The van der Waals surface area contributed by atoms with Gasteiger partial charge in [-0.15, -0.1) is 0 Å². The quantitative estimate of drug-likeness (QED) is 0.409. The average molecular weight is 414 g/mol. The summed E-state index contributed by atoms with van der Waals surface area (Å²) < 4.78 is 6.20. The number of allylic oxidation sites excluding steroid dienone is 4. The van der Waals surface area contributed by atoms with Crippen LogP contribution in [0.15, 0.2) is 65.0 Å². The summed E-state index contributed by atoms with van der Waals surface area (Å²) in [5, 5.41) is 9.37. The lowest BCUT2D eigenvalue weighted by Crippen LogP contribution is -2.04. The van der Waals surface area contributed by atoms with Crippen LogP contribution >= 0.6 is 0 Å². The molecule has 0 amide bonds. The van der Waals surface area contributed by atoms with Crippen LogP contribution in [0.5, 0.6) is 5.75 Å². The molecule has 31 heavy (non-hydrogen) atoms. The molecule has 0 heterocycles. The molecule has 3 rings (SSSR count). The molecule has 4 nitrogen and oxygen atoms in total. The molecular weight excluding hydrogens is 382 g/mol. The summed E-state index contributed by atoms with van der Waals surface area (Å²) in [5.41, 5.74) is 13.2. The molecule has 0 saturated heterocycles. The molecule has 0 fully saturated rings. The summed E-state index contributed by atoms with van der Waals surface area (Å²) in [6, 6.07) is 14.3. The van der Waals surface area contributed by atoms with Crippen molar-refractivity contribution in [3.63, 3.8) is 0 Å². The Bertz CT molecular complexity index is 1090. The summed E-state index contributed by atoms with van der Waals surface area (Å²) in [6.45, 7) is 8.04. The summed E-state index contributed by atoms with van der Waals surface area (Å²) in [6.07, 6.45) is 8.18. The molecule has 2 aromatic rings. The summed E-state index contributed by atoms with van der Waals surface area (Å²) in [4.78, 5) is 4.61. The van der Waals surface area contributed by atoms with Crippen LogP contribution in [0.2, 0.25) is 0 Å². The van der Waals surface area contributed by atoms with Crippen molar-refractivity contribution in [2.24, 2.45) is 10.7 Å². The Morgan fingerprint density at radius 1 is 1.23 bits per heavy atom. The number of nitrogens with two attached hydrogens (primary N) is 1. The fourth-order valence-corrected chi connectivity index (χ4v) is 3.94. The van der Waals surface area contributed by atoms with Crippen LogP contribution in [0.1, 0.15) is 69.7 Å². The number of fused-ring (bicyclic) bond motifs is 1. The number of hydrogen-bond acceptors (Lipinski definition) is 4. The molecule has 1 unspecified atom stereocenters. The molecule has 1 atom stereocenters. The highest BCUT2D eigenvalue weighted by Gasteiger charge is 2.20. The van der Waals surface area contributed by atoms with Gasteiger partial charge < -0.3 is 10.5 Å². The zero-order valence-electron chi connectivity index (χ0n) is 18.9. The van der Waals surface area contributed by atoms with Gasteiger partial charge >= 0.3 is 0 Å². The van der Waals surface area contributed by atoms with Gasteiger partial charge in [-0.25, -0.2) is 0 Å². The highest BCUT2D eigenvalue weighted by Crippen LogP contribution is 2.37. The molecule has 4 heteroatoms. The van der Waals surface area contributed by atoms with E-state index >= 15 is 0 Å². The summed E-state index contributed by atoms with van der Waals surface area (Å²) in [5.74, 6) is 1.39. The SMILES string of the molecule is CCC/C=C(C)/N=C(C)\C=C(/C)Oc1cc(C#N)ccc1-c1ccc2c(c1)CCC2N. The van der Waals surface area contributed by atoms with Crippen LogP contribution in [0, 0.1) is 11.3 Å². The van der Waals surface area contributed by atoms with Crippen molar-refractivity contribution >= 4 is 5.71 Å². The van der Waals surface area contributed by atoms with Gasteiger partial charge in [0, 0.05) is 23.0 Å². The fourth-order valence-electron chi connectivity index (χ4n) is 3.94. The number of hydrogen-bond donors (Lipinski definition) is 1. The molecule has 0 radical (unpaired) electrons. The minimum atomic E-state index is 0.128. The number of aliphatic imine (C=N–C) groups is 1. The van der Waals surface area contributed by atoms with E-state index in [1.165, 1.54) is 11.1 Å². The second kappa shape index (κ2) is 10.2. The monoisotopic (exact) mass is 413 g/mol. The topological polar surface area (TPSA) is 71.4 Å². The molecule has 160 valence electrons. The van der Waals surface area contributed by atoms with Crippen LogP contribution in [0.4, 0.5) is 0 Å². The van der Waals surface area contributed by atoms with Crippen molar-refractivity contribution in [2.75, 3.05) is 0 Å². The van der Waals surface area contributed by atoms with Crippen molar-refractivity contribution in [3.05, 3.63) is 76.7 Å². The Morgan fingerprint density at radius 3 is 2.77 bits per heavy atom. The fraction of sp³-hybridized carbons (Fsp3) is 0.333. The van der Waals surface area contributed by atoms with E-state index in [2.05, 4.69) is 42.3 Å². The number of rotatable bonds is 7. The van der Waals surface area contributed by atoms with Gasteiger partial charge in [0.25, 0.3) is 0 Å². The van der Waals surface area contributed by atoms with E-state index in [1.807, 2.05) is 39.0 Å². The molecule has 2 N–H and O–H groups in total. The molecule has 0 saturated carbocycles. The van der Waals surface area contributed by atoms with Crippen molar-refractivity contribution in [1.29, 1.82) is 5.26 Å². The first-order chi connectivity index (χ1) is 14.9. The van der Waals surface area contributed by atoms with Crippen LogP contribution in [-0.2, 0) is 6.42 Å². The Hall–Kier alpha value is -3.16. The Balaban J connectivity index is 1.91. The van der Waals surface area contributed by atoms with E-state index in [0.29, 0.717) is 11.3 Å². The molecular formula is C27H31N3O. The van der Waals surface area contributed by atoms with Gasteiger partial charge in [-0.05, 0) is 81.0 Å².